The summed E-state index contributed by atoms with van der Waals surface area (Å²) >= 11 is 4.85. The maximum Gasteiger partial charge on any atom is 0.320 e. The van der Waals surface area contributed by atoms with Crippen molar-refractivity contribution in [3.8, 4) is 11.5 Å². The Balaban J connectivity index is 1.96. The predicted octanol–water partition coefficient (Wildman–Crippen LogP) is 2.49. The topological polar surface area (TPSA) is 44.8 Å². The molecule has 0 saturated carbocycles. The molecule has 0 aromatic heterocycles. The van der Waals surface area contributed by atoms with Crippen molar-refractivity contribution in [1.29, 1.82) is 0 Å². The van der Waals surface area contributed by atoms with Crippen molar-refractivity contribution >= 4 is 33.7 Å². The van der Waals surface area contributed by atoms with Crippen LogP contribution in [0.1, 0.15) is 0 Å². The minimum Gasteiger partial charge on any atom is -0.486 e. The van der Waals surface area contributed by atoms with Crippen LogP contribution in [0.15, 0.2) is 23.1 Å². The molecule has 0 aliphatic carbocycles. The summed E-state index contributed by atoms with van der Waals surface area (Å²) in [6.45, 7) is 1.16. The van der Waals surface area contributed by atoms with Gasteiger partial charge in [0, 0.05) is 10.6 Å². The van der Waals surface area contributed by atoms with Crippen LogP contribution in [0.4, 0.5) is 0 Å². The molecule has 4 nitrogen and oxygen atoms in total. The number of rotatable bonds is 4. The van der Waals surface area contributed by atoms with Gasteiger partial charge in [-0.2, -0.15) is 0 Å². The lowest BCUT2D eigenvalue weighted by Gasteiger charge is -2.18. The Labute approximate surface area is 118 Å². The van der Waals surface area contributed by atoms with Crippen LogP contribution < -0.4 is 9.47 Å². The Morgan fingerprint density at radius 3 is 2.89 bits per heavy atom. The van der Waals surface area contributed by atoms with E-state index in [9.17, 15) is 4.79 Å². The number of fused-ring (bicyclic) bond motifs is 1. The maximum atomic E-state index is 11.2. The Hall–Kier alpha value is -0.880. The van der Waals surface area contributed by atoms with Gasteiger partial charge >= 0.3 is 5.97 Å². The van der Waals surface area contributed by atoms with E-state index in [2.05, 4.69) is 20.7 Å². The molecular weight excluding hydrogens is 320 g/mol. The molecule has 98 valence electrons. The smallest absolute Gasteiger partial charge is 0.320 e. The minimum absolute atomic E-state index is 0.264. The van der Waals surface area contributed by atoms with E-state index < -0.39 is 0 Å². The average molecular weight is 333 g/mol. The molecule has 1 unspecified atom stereocenters. The Bertz CT molecular complexity index is 438. The molecule has 6 heteroatoms. The van der Waals surface area contributed by atoms with Crippen LogP contribution in [-0.2, 0) is 9.53 Å². The molecule has 1 atom stereocenters. The molecule has 18 heavy (non-hydrogen) atoms. The number of hydrogen-bond acceptors (Lipinski definition) is 5. The normalized spacial score (nSPS) is 15.0. The Morgan fingerprint density at radius 2 is 2.17 bits per heavy atom. The molecule has 0 N–H and O–H groups in total. The van der Waals surface area contributed by atoms with Crippen LogP contribution in [0, 0.1) is 0 Å². The zero-order valence-corrected chi connectivity index (χ0v) is 12.3. The van der Waals surface area contributed by atoms with Crippen molar-refractivity contribution in [2.75, 3.05) is 26.1 Å². The molecule has 1 aromatic rings. The van der Waals surface area contributed by atoms with Crippen molar-refractivity contribution < 1.29 is 19.0 Å². The van der Waals surface area contributed by atoms with Crippen molar-refractivity contribution in [2.45, 2.75) is 9.72 Å². The van der Waals surface area contributed by atoms with Gasteiger partial charge in [0.1, 0.15) is 18.0 Å². The molecular formula is C12H13BrO4S. The van der Waals surface area contributed by atoms with Gasteiger partial charge in [-0.3, -0.25) is 4.79 Å². The number of thioether (sulfide) groups is 1. The van der Waals surface area contributed by atoms with Crippen molar-refractivity contribution in [3.05, 3.63) is 18.2 Å². The summed E-state index contributed by atoms with van der Waals surface area (Å²) in [5.41, 5.74) is 0. The van der Waals surface area contributed by atoms with Gasteiger partial charge in [-0.1, -0.05) is 15.9 Å². The Morgan fingerprint density at radius 1 is 1.44 bits per heavy atom. The van der Waals surface area contributed by atoms with Crippen LogP contribution >= 0.6 is 27.7 Å². The summed E-state index contributed by atoms with van der Waals surface area (Å²) < 4.78 is 15.6. The number of halogens is 1. The van der Waals surface area contributed by atoms with E-state index in [-0.39, 0.29) is 10.8 Å². The molecule has 0 fully saturated rings. The van der Waals surface area contributed by atoms with E-state index in [1.807, 2.05) is 18.2 Å². The SMILES string of the molecule is COC(=O)C(Br)CSc1ccc2c(c1)OCCO2. The first-order valence-electron chi connectivity index (χ1n) is 5.45. The van der Waals surface area contributed by atoms with Crippen molar-refractivity contribution in [2.24, 2.45) is 0 Å². The standard InChI is InChI=1S/C12H13BrO4S/c1-15-12(14)9(13)7-18-8-2-3-10-11(6-8)17-5-4-16-10/h2-3,6,9H,4-5,7H2,1H3. The number of carbonyl (C=O) groups excluding carboxylic acids is 1. The third-order valence-electron chi connectivity index (χ3n) is 2.37. The van der Waals surface area contributed by atoms with Gasteiger partial charge in [-0.25, -0.2) is 0 Å². The summed E-state index contributed by atoms with van der Waals surface area (Å²) in [6, 6.07) is 5.77. The van der Waals surface area contributed by atoms with E-state index in [4.69, 9.17) is 9.47 Å². The molecule has 1 aliphatic rings. The highest BCUT2D eigenvalue weighted by molar-refractivity contribution is 9.10. The first-order valence-corrected chi connectivity index (χ1v) is 7.35. The largest absolute Gasteiger partial charge is 0.486 e. The Kier molecular flexibility index (Phi) is 4.77. The summed E-state index contributed by atoms with van der Waals surface area (Å²) in [5, 5.41) is 0. The molecule has 0 bridgehead atoms. The maximum absolute atomic E-state index is 11.2. The lowest BCUT2D eigenvalue weighted by molar-refractivity contribution is -0.139. The molecule has 1 aromatic carbocycles. The highest BCUT2D eigenvalue weighted by atomic mass is 79.9. The van der Waals surface area contributed by atoms with Gasteiger partial charge in [-0.15, -0.1) is 11.8 Å². The molecule has 0 saturated heterocycles. The van der Waals surface area contributed by atoms with Crippen LogP contribution in [0.5, 0.6) is 11.5 Å². The molecule has 1 heterocycles. The quantitative estimate of drug-likeness (QED) is 0.481. The number of ether oxygens (including phenoxy) is 3. The summed E-state index contributed by atoms with van der Waals surface area (Å²) in [7, 11) is 1.38. The van der Waals surface area contributed by atoms with Gasteiger partial charge in [-0.05, 0) is 18.2 Å². The first kappa shape index (κ1) is 13.5. The molecule has 0 amide bonds. The fourth-order valence-electron chi connectivity index (χ4n) is 1.48. The van der Waals surface area contributed by atoms with E-state index in [0.717, 1.165) is 16.4 Å². The number of methoxy groups -OCH3 is 1. The third kappa shape index (κ3) is 3.32. The monoisotopic (exact) mass is 332 g/mol. The van der Waals surface area contributed by atoms with E-state index in [0.29, 0.717) is 19.0 Å². The average Bonchev–Trinajstić information content (AvgIpc) is 2.43. The molecule has 1 aliphatic heterocycles. The second-order valence-corrected chi connectivity index (χ2v) is 5.81. The van der Waals surface area contributed by atoms with Gasteiger partial charge in [0.15, 0.2) is 11.5 Å². The van der Waals surface area contributed by atoms with E-state index in [1.54, 1.807) is 11.8 Å². The van der Waals surface area contributed by atoms with Gasteiger partial charge in [0.25, 0.3) is 0 Å². The number of hydrogen-bond donors (Lipinski definition) is 0. The highest BCUT2D eigenvalue weighted by Gasteiger charge is 2.16. The number of esters is 1. The highest BCUT2D eigenvalue weighted by Crippen LogP contribution is 2.34. The number of alkyl halides is 1. The fraction of sp³-hybridized carbons (Fsp3) is 0.417. The zero-order valence-electron chi connectivity index (χ0n) is 9.85. The molecule has 0 spiro atoms. The molecule has 0 radical (unpaired) electrons. The zero-order chi connectivity index (χ0) is 13.0. The first-order chi connectivity index (χ1) is 8.70. The summed E-state index contributed by atoms with van der Waals surface area (Å²) in [5.74, 6) is 1.87. The number of benzene rings is 1. The van der Waals surface area contributed by atoms with Gasteiger partial charge in [0.2, 0.25) is 0 Å². The van der Waals surface area contributed by atoms with Crippen LogP contribution in [-0.4, -0.2) is 36.9 Å². The summed E-state index contributed by atoms with van der Waals surface area (Å²) in [4.78, 5) is 12.0. The van der Waals surface area contributed by atoms with Crippen molar-refractivity contribution in [3.63, 3.8) is 0 Å². The number of carbonyl (C=O) groups is 1. The van der Waals surface area contributed by atoms with E-state index >= 15 is 0 Å². The fourth-order valence-corrected chi connectivity index (χ4v) is 2.89. The van der Waals surface area contributed by atoms with Crippen LogP contribution in [0.25, 0.3) is 0 Å². The lowest BCUT2D eigenvalue weighted by atomic mass is 10.3. The van der Waals surface area contributed by atoms with Crippen LogP contribution in [0.3, 0.4) is 0 Å². The van der Waals surface area contributed by atoms with Gasteiger partial charge in [0.05, 0.1) is 7.11 Å². The predicted molar refractivity (Wildman–Crippen MR) is 72.9 cm³/mol. The van der Waals surface area contributed by atoms with E-state index in [1.165, 1.54) is 7.11 Å². The third-order valence-corrected chi connectivity index (χ3v) is 4.58. The lowest BCUT2D eigenvalue weighted by Crippen LogP contribution is -2.18. The molecule has 2 rings (SSSR count). The minimum atomic E-state index is -0.305. The second kappa shape index (κ2) is 6.33. The van der Waals surface area contributed by atoms with Gasteiger partial charge < -0.3 is 14.2 Å². The second-order valence-electron chi connectivity index (χ2n) is 3.61. The van der Waals surface area contributed by atoms with Crippen LogP contribution in [0.2, 0.25) is 0 Å². The summed E-state index contributed by atoms with van der Waals surface area (Å²) in [6.07, 6.45) is 0. The van der Waals surface area contributed by atoms with Crippen molar-refractivity contribution in [1.82, 2.24) is 0 Å².